The van der Waals surface area contributed by atoms with Gasteiger partial charge in [-0.1, -0.05) is 24.3 Å². The molecule has 0 fully saturated rings. The fourth-order valence-electron chi connectivity index (χ4n) is 3.67. The number of amides is 1. The van der Waals surface area contributed by atoms with Gasteiger partial charge >= 0.3 is 0 Å². The third-order valence-corrected chi connectivity index (χ3v) is 5.44. The molecule has 0 unspecified atom stereocenters. The molecule has 0 saturated heterocycles. The largest absolute Gasteiger partial charge is 0.348 e. The lowest BCUT2D eigenvalue weighted by Crippen LogP contribution is -2.37. The van der Waals surface area contributed by atoms with Crippen molar-refractivity contribution in [2.75, 3.05) is 13.1 Å². The van der Waals surface area contributed by atoms with Crippen molar-refractivity contribution >= 4 is 16.9 Å². The van der Waals surface area contributed by atoms with Crippen LogP contribution in [0.25, 0.3) is 33.3 Å². The molecule has 4 rings (SSSR count). The van der Waals surface area contributed by atoms with Crippen molar-refractivity contribution < 1.29 is 13.6 Å². The summed E-state index contributed by atoms with van der Waals surface area (Å²) in [6.07, 6.45) is 1.50. The summed E-state index contributed by atoms with van der Waals surface area (Å²) in [6, 6.07) is 15.7. The predicted octanol–water partition coefficient (Wildman–Crippen LogP) is 3.97. The van der Waals surface area contributed by atoms with Crippen molar-refractivity contribution in [3.05, 3.63) is 78.1 Å². The second kappa shape index (κ2) is 9.89. The van der Waals surface area contributed by atoms with E-state index in [1.165, 1.54) is 24.3 Å². The Balaban J connectivity index is 1.72. The number of aromatic amines is 1. The summed E-state index contributed by atoms with van der Waals surface area (Å²) < 4.78 is 26.9. The Hall–Kier alpha value is -3.62. The van der Waals surface area contributed by atoms with Crippen LogP contribution in [0.2, 0.25) is 0 Å². The number of H-pyrrole nitrogens is 1. The van der Waals surface area contributed by atoms with Gasteiger partial charge in [-0.05, 0) is 72.5 Å². The molecule has 0 spiro atoms. The van der Waals surface area contributed by atoms with E-state index in [0.29, 0.717) is 30.5 Å². The second-order valence-electron chi connectivity index (χ2n) is 7.92. The number of aromatic nitrogens is 2. The highest BCUT2D eigenvalue weighted by Crippen LogP contribution is 2.33. The lowest BCUT2D eigenvalue weighted by molar-refractivity contribution is 0.0941. The second-order valence-corrected chi connectivity index (χ2v) is 7.92. The number of nitrogens with zero attached hydrogens (tertiary/aromatic N) is 1. The average Bonchev–Trinajstić information content (AvgIpc) is 3.26. The molecule has 0 bridgehead atoms. The molecule has 170 valence electrons. The molecule has 0 aliphatic carbocycles. The van der Waals surface area contributed by atoms with E-state index in [0.717, 1.165) is 28.7 Å². The van der Waals surface area contributed by atoms with Gasteiger partial charge in [-0.2, -0.15) is 0 Å². The van der Waals surface area contributed by atoms with Crippen LogP contribution in [0.3, 0.4) is 0 Å². The molecule has 3 aromatic carbocycles. The molecular weight excluding hydrogens is 424 g/mol. The number of hydrogen-bond acceptors (Lipinski definition) is 4. The Labute approximate surface area is 190 Å². The lowest BCUT2D eigenvalue weighted by atomic mass is 9.97. The summed E-state index contributed by atoms with van der Waals surface area (Å²) in [6.45, 7) is 0.856. The van der Waals surface area contributed by atoms with Gasteiger partial charge in [0.15, 0.2) is 5.82 Å². The van der Waals surface area contributed by atoms with Crippen LogP contribution in [0.5, 0.6) is 0 Å². The molecule has 0 aliphatic rings. The zero-order valence-electron chi connectivity index (χ0n) is 17.9. The zero-order valence-corrected chi connectivity index (χ0v) is 17.9. The summed E-state index contributed by atoms with van der Waals surface area (Å²) in [5, 5.41) is 2.80. The highest BCUT2D eigenvalue weighted by Gasteiger charge is 2.17. The van der Waals surface area contributed by atoms with E-state index in [1.807, 2.05) is 12.1 Å². The number of fused-ring (bicyclic) bond motifs is 1. The lowest BCUT2D eigenvalue weighted by Gasteiger charge is -2.11. The van der Waals surface area contributed by atoms with E-state index in [-0.39, 0.29) is 29.4 Å². The highest BCUT2D eigenvalue weighted by molar-refractivity contribution is 6.00. The summed E-state index contributed by atoms with van der Waals surface area (Å²) in [4.78, 5) is 20.3. The fourth-order valence-corrected chi connectivity index (χ4v) is 3.67. The van der Waals surface area contributed by atoms with Crippen molar-refractivity contribution in [1.29, 1.82) is 0 Å². The van der Waals surface area contributed by atoms with E-state index in [1.54, 1.807) is 24.3 Å². The van der Waals surface area contributed by atoms with Crippen molar-refractivity contribution in [1.82, 2.24) is 15.3 Å². The monoisotopic (exact) mass is 449 g/mol. The number of carbonyl (C=O) groups is 1. The number of nitrogens with one attached hydrogen (secondary N) is 2. The van der Waals surface area contributed by atoms with Crippen LogP contribution in [0.15, 0.2) is 60.7 Å². The van der Waals surface area contributed by atoms with Gasteiger partial charge in [0.1, 0.15) is 11.6 Å². The zero-order chi connectivity index (χ0) is 23.4. The SMILES string of the molecule is NCCC[C@H](N)CNC(=O)c1nc2c(-c3ccc(F)cc3)cc(-c3ccc(F)cc3)cc2[nH]1. The summed E-state index contributed by atoms with van der Waals surface area (Å²) in [5.41, 5.74) is 15.8. The van der Waals surface area contributed by atoms with Gasteiger partial charge in [0.05, 0.1) is 11.0 Å². The van der Waals surface area contributed by atoms with Crippen molar-refractivity contribution in [2.24, 2.45) is 11.5 Å². The minimum atomic E-state index is -0.372. The molecule has 4 aromatic rings. The third-order valence-electron chi connectivity index (χ3n) is 5.44. The standard InChI is InChI=1S/C25H25F2N5O/c26-18-7-3-15(4-8-18)17-12-21(16-5-9-19(27)10-6-16)23-22(13-17)31-24(32-23)25(33)30-14-20(29)2-1-11-28/h3-10,12-13,20H,1-2,11,14,28-29H2,(H,30,33)(H,31,32)/t20-/m0/s1. The summed E-state index contributed by atoms with van der Waals surface area (Å²) in [7, 11) is 0. The molecule has 6 N–H and O–H groups in total. The van der Waals surface area contributed by atoms with Gasteiger partial charge in [-0.25, -0.2) is 13.8 Å². The van der Waals surface area contributed by atoms with Crippen molar-refractivity contribution in [3.63, 3.8) is 0 Å². The number of imidazole rings is 1. The third kappa shape index (κ3) is 5.24. The van der Waals surface area contributed by atoms with Gasteiger partial charge < -0.3 is 21.8 Å². The topological polar surface area (TPSA) is 110 Å². The molecule has 1 amide bonds. The summed E-state index contributed by atoms with van der Waals surface area (Å²) in [5.74, 6) is -0.903. The van der Waals surface area contributed by atoms with E-state index < -0.39 is 0 Å². The maximum atomic E-state index is 13.5. The normalized spacial score (nSPS) is 12.1. The van der Waals surface area contributed by atoms with Crippen LogP contribution in [0.4, 0.5) is 8.78 Å². The Bertz CT molecular complexity index is 1250. The minimum Gasteiger partial charge on any atom is -0.348 e. The number of carbonyl (C=O) groups excluding carboxylic acids is 1. The number of hydrogen-bond donors (Lipinski definition) is 4. The number of rotatable bonds is 8. The first-order valence-electron chi connectivity index (χ1n) is 10.7. The maximum absolute atomic E-state index is 13.5. The molecule has 1 aromatic heterocycles. The maximum Gasteiger partial charge on any atom is 0.287 e. The molecular formula is C25H25F2N5O. The van der Waals surface area contributed by atoms with Crippen LogP contribution < -0.4 is 16.8 Å². The molecule has 0 aliphatic heterocycles. The van der Waals surface area contributed by atoms with E-state index in [9.17, 15) is 13.6 Å². The Morgan fingerprint density at radius 3 is 2.24 bits per heavy atom. The first kappa shape index (κ1) is 22.6. The first-order valence-corrected chi connectivity index (χ1v) is 10.7. The molecule has 8 heteroatoms. The Morgan fingerprint density at radius 2 is 1.61 bits per heavy atom. The Morgan fingerprint density at radius 1 is 0.970 bits per heavy atom. The number of benzene rings is 3. The quantitative estimate of drug-likeness (QED) is 0.326. The molecule has 6 nitrogen and oxygen atoms in total. The molecule has 0 radical (unpaired) electrons. The van der Waals surface area contributed by atoms with Gasteiger partial charge in [-0.15, -0.1) is 0 Å². The van der Waals surface area contributed by atoms with Crippen LogP contribution >= 0.6 is 0 Å². The number of nitrogens with two attached hydrogens (primary N) is 2. The van der Waals surface area contributed by atoms with Crippen LogP contribution in [-0.2, 0) is 0 Å². The van der Waals surface area contributed by atoms with Crippen LogP contribution in [0.1, 0.15) is 23.5 Å². The predicted molar refractivity (Wildman–Crippen MR) is 125 cm³/mol. The van der Waals surface area contributed by atoms with Crippen molar-refractivity contribution in [2.45, 2.75) is 18.9 Å². The fraction of sp³-hybridized carbons (Fsp3) is 0.200. The van der Waals surface area contributed by atoms with E-state index in [4.69, 9.17) is 11.5 Å². The van der Waals surface area contributed by atoms with E-state index >= 15 is 0 Å². The molecule has 33 heavy (non-hydrogen) atoms. The molecule has 0 saturated carbocycles. The number of halogens is 2. The Kier molecular flexibility index (Phi) is 6.76. The van der Waals surface area contributed by atoms with Gasteiger partial charge in [0, 0.05) is 18.2 Å². The van der Waals surface area contributed by atoms with E-state index in [2.05, 4.69) is 15.3 Å². The molecule has 1 heterocycles. The average molecular weight is 450 g/mol. The highest BCUT2D eigenvalue weighted by atomic mass is 19.1. The van der Waals surface area contributed by atoms with Crippen LogP contribution in [0, 0.1) is 11.6 Å². The molecule has 1 atom stereocenters. The van der Waals surface area contributed by atoms with Gasteiger partial charge in [0.25, 0.3) is 5.91 Å². The van der Waals surface area contributed by atoms with Crippen LogP contribution in [-0.4, -0.2) is 35.0 Å². The van der Waals surface area contributed by atoms with Crippen molar-refractivity contribution in [3.8, 4) is 22.3 Å². The van der Waals surface area contributed by atoms with Gasteiger partial charge in [-0.3, -0.25) is 4.79 Å². The summed E-state index contributed by atoms with van der Waals surface area (Å²) >= 11 is 0. The smallest absolute Gasteiger partial charge is 0.287 e. The minimum absolute atomic E-state index is 0.149. The van der Waals surface area contributed by atoms with Gasteiger partial charge in [0.2, 0.25) is 0 Å². The first-order chi connectivity index (χ1) is 15.9.